The predicted molar refractivity (Wildman–Crippen MR) is 104 cm³/mol. The lowest BCUT2D eigenvalue weighted by Gasteiger charge is -2.05. The number of rotatable bonds is 5. The van der Waals surface area contributed by atoms with E-state index < -0.39 is 5.82 Å². The van der Waals surface area contributed by atoms with Crippen LogP contribution in [0.4, 0.5) is 4.39 Å². The first-order valence-corrected chi connectivity index (χ1v) is 9.78. The van der Waals surface area contributed by atoms with Gasteiger partial charge in [-0.3, -0.25) is 4.79 Å². The third-order valence-corrected chi connectivity index (χ3v) is 5.81. The van der Waals surface area contributed by atoms with Crippen molar-refractivity contribution in [3.8, 4) is 11.1 Å². The molecule has 0 bridgehead atoms. The Hall–Kier alpha value is -2.57. The minimum Gasteiger partial charge on any atom is -0.293 e. The van der Waals surface area contributed by atoms with E-state index in [2.05, 4.69) is 15.3 Å². The number of thioether (sulfide) groups is 1. The topological polar surface area (TPSA) is 42.9 Å². The van der Waals surface area contributed by atoms with Crippen LogP contribution in [0, 0.1) is 5.82 Å². The minimum absolute atomic E-state index is 0.110. The summed E-state index contributed by atoms with van der Waals surface area (Å²) in [7, 11) is 0. The van der Waals surface area contributed by atoms with Crippen LogP contribution in [0.2, 0.25) is 0 Å². The Labute approximate surface area is 157 Å². The Bertz CT molecular complexity index is 1080. The predicted octanol–water partition coefficient (Wildman–Crippen LogP) is 5.47. The van der Waals surface area contributed by atoms with Gasteiger partial charge in [-0.15, -0.1) is 11.3 Å². The van der Waals surface area contributed by atoms with E-state index in [9.17, 15) is 9.18 Å². The first kappa shape index (κ1) is 16.9. The normalized spacial score (nSPS) is 11.0. The molecule has 4 rings (SSSR count). The molecule has 0 radical (unpaired) electrons. The Morgan fingerprint density at radius 1 is 1.04 bits per heavy atom. The number of Topliss-reactive ketones (excluding diaryl/α,β-unsaturated/α-hetero) is 1. The zero-order valence-electron chi connectivity index (χ0n) is 13.6. The molecule has 26 heavy (non-hydrogen) atoms. The summed E-state index contributed by atoms with van der Waals surface area (Å²) >= 11 is 2.86. The maximum Gasteiger partial charge on any atom is 0.176 e. The molecule has 0 saturated carbocycles. The van der Waals surface area contributed by atoms with Crippen LogP contribution in [0.3, 0.4) is 0 Å². The number of ketones is 1. The van der Waals surface area contributed by atoms with E-state index in [0.29, 0.717) is 0 Å². The van der Waals surface area contributed by atoms with E-state index in [1.54, 1.807) is 23.5 Å². The third kappa shape index (κ3) is 3.25. The lowest BCUT2D eigenvalue weighted by Crippen LogP contribution is -2.05. The molecule has 2 aromatic carbocycles. The van der Waals surface area contributed by atoms with Crippen molar-refractivity contribution in [2.45, 2.75) is 5.03 Å². The van der Waals surface area contributed by atoms with Gasteiger partial charge >= 0.3 is 0 Å². The van der Waals surface area contributed by atoms with E-state index in [1.165, 1.54) is 30.2 Å². The molecule has 2 aromatic heterocycles. The van der Waals surface area contributed by atoms with Crippen molar-refractivity contribution in [2.75, 3.05) is 5.75 Å². The van der Waals surface area contributed by atoms with Gasteiger partial charge in [0.25, 0.3) is 0 Å². The number of carbonyl (C=O) groups excluding carboxylic acids is 1. The molecule has 0 fully saturated rings. The molecule has 0 aliphatic heterocycles. The van der Waals surface area contributed by atoms with Crippen molar-refractivity contribution in [3.05, 3.63) is 77.7 Å². The standard InChI is InChI=1S/C20H13FN2OS2/c21-16-9-5-4-8-14(16)17(24)11-26-20-18-15(13-6-2-1-3-7-13)10-25-19(18)22-12-23-20/h1-10,12H,11H2. The van der Waals surface area contributed by atoms with Gasteiger partial charge < -0.3 is 0 Å². The highest BCUT2D eigenvalue weighted by atomic mass is 32.2. The fourth-order valence-corrected chi connectivity index (χ4v) is 4.56. The minimum atomic E-state index is -0.494. The third-order valence-electron chi connectivity index (χ3n) is 3.93. The SMILES string of the molecule is O=C(CSc1ncnc2scc(-c3ccccc3)c12)c1ccccc1F. The monoisotopic (exact) mass is 380 g/mol. The van der Waals surface area contributed by atoms with E-state index in [4.69, 9.17) is 0 Å². The summed E-state index contributed by atoms with van der Waals surface area (Å²) in [5.41, 5.74) is 2.24. The van der Waals surface area contributed by atoms with Crippen LogP contribution in [0.1, 0.15) is 10.4 Å². The number of carbonyl (C=O) groups is 1. The average molecular weight is 380 g/mol. The van der Waals surface area contributed by atoms with Crippen molar-refractivity contribution in [1.29, 1.82) is 0 Å². The lowest BCUT2D eigenvalue weighted by atomic mass is 10.1. The van der Waals surface area contributed by atoms with Gasteiger partial charge in [-0.2, -0.15) is 0 Å². The van der Waals surface area contributed by atoms with Crippen molar-refractivity contribution in [1.82, 2.24) is 9.97 Å². The van der Waals surface area contributed by atoms with Crippen LogP contribution in [-0.4, -0.2) is 21.5 Å². The molecule has 128 valence electrons. The van der Waals surface area contributed by atoms with E-state index in [0.717, 1.165) is 26.4 Å². The van der Waals surface area contributed by atoms with Crippen LogP contribution >= 0.6 is 23.1 Å². The number of hydrogen-bond acceptors (Lipinski definition) is 5. The molecular formula is C20H13FN2OS2. The highest BCUT2D eigenvalue weighted by Gasteiger charge is 2.16. The summed E-state index contributed by atoms with van der Waals surface area (Å²) in [4.78, 5) is 21.9. The second-order valence-corrected chi connectivity index (χ2v) is 7.39. The maximum absolute atomic E-state index is 13.8. The van der Waals surface area contributed by atoms with Gasteiger partial charge in [0.1, 0.15) is 22.0 Å². The summed E-state index contributed by atoms with van der Waals surface area (Å²) in [6.45, 7) is 0. The molecule has 0 aliphatic rings. The van der Waals surface area contributed by atoms with E-state index in [-0.39, 0.29) is 17.1 Å². The zero-order chi connectivity index (χ0) is 17.9. The fraction of sp³-hybridized carbons (Fsp3) is 0.0500. The van der Waals surface area contributed by atoms with Gasteiger partial charge in [0.2, 0.25) is 0 Å². The van der Waals surface area contributed by atoms with Crippen molar-refractivity contribution >= 4 is 39.1 Å². The number of aromatic nitrogens is 2. The highest BCUT2D eigenvalue weighted by Crippen LogP contribution is 2.37. The van der Waals surface area contributed by atoms with Gasteiger partial charge in [-0.05, 0) is 17.7 Å². The van der Waals surface area contributed by atoms with Gasteiger partial charge in [0.05, 0.1) is 16.7 Å². The van der Waals surface area contributed by atoms with Crippen LogP contribution in [0.5, 0.6) is 0 Å². The molecule has 0 spiro atoms. The Kier molecular flexibility index (Phi) is 4.77. The Morgan fingerprint density at radius 3 is 2.62 bits per heavy atom. The highest BCUT2D eigenvalue weighted by molar-refractivity contribution is 8.00. The molecule has 2 heterocycles. The second-order valence-electron chi connectivity index (χ2n) is 5.57. The fourth-order valence-electron chi connectivity index (χ4n) is 2.69. The molecule has 0 saturated heterocycles. The van der Waals surface area contributed by atoms with Gasteiger partial charge in [0.15, 0.2) is 5.78 Å². The molecule has 4 aromatic rings. The van der Waals surface area contributed by atoms with Crippen molar-refractivity contribution in [2.24, 2.45) is 0 Å². The molecular weight excluding hydrogens is 367 g/mol. The largest absolute Gasteiger partial charge is 0.293 e. The van der Waals surface area contributed by atoms with E-state index in [1.807, 2.05) is 30.3 Å². The van der Waals surface area contributed by atoms with Crippen LogP contribution < -0.4 is 0 Å². The Balaban J connectivity index is 1.66. The van der Waals surface area contributed by atoms with Crippen LogP contribution in [0.15, 0.2) is 71.3 Å². The quantitative estimate of drug-likeness (QED) is 0.261. The van der Waals surface area contributed by atoms with Crippen molar-refractivity contribution in [3.63, 3.8) is 0 Å². The summed E-state index contributed by atoms with van der Waals surface area (Å²) in [5.74, 6) is -0.625. The first-order chi connectivity index (χ1) is 12.7. The molecule has 0 aliphatic carbocycles. The summed E-state index contributed by atoms with van der Waals surface area (Å²) in [6.07, 6.45) is 1.50. The van der Waals surface area contributed by atoms with Crippen molar-refractivity contribution < 1.29 is 9.18 Å². The van der Waals surface area contributed by atoms with Gasteiger partial charge in [-0.1, -0.05) is 54.2 Å². The lowest BCUT2D eigenvalue weighted by molar-refractivity contribution is 0.101. The summed E-state index contributed by atoms with van der Waals surface area (Å²) in [5, 5.41) is 3.73. The zero-order valence-corrected chi connectivity index (χ0v) is 15.2. The smallest absolute Gasteiger partial charge is 0.176 e. The summed E-state index contributed by atoms with van der Waals surface area (Å²) in [6, 6.07) is 16.0. The molecule has 3 nitrogen and oxygen atoms in total. The molecule has 0 amide bonds. The number of benzene rings is 2. The molecule has 0 N–H and O–H groups in total. The van der Waals surface area contributed by atoms with Crippen LogP contribution in [0.25, 0.3) is 21.3 Å². The maximum atomic E-state index is 13.8. The summed E-state index contributed by atoms with van der Waals surface area (Å²) < 4.78 is 13.8. The molecule has 0 unspecified atom stereocenters. The number of halogens is 1. The van der Waals surface area contributed by atoms with Gasteiger partial charge in [0, 0.05) is 10.9 Å². The molecule has 0 atom stereocenters. The average Bonchev–Trinajstić information content (AvgIpc) is 3.12. The van der Waals surface area contributed by atoms with E-state index >= 15 is 0 Å². The van der Waals surface area contributed by atoms with Crippen LogP contribution in [-0.2, 0) is 0 Å². The van der Waals surface area contributed by atoms with Gasteiger partial charge in [-0.25, -0.2) is 14.4 Å². The number of hydrogen-bond donors (Lipinski definition) is 0. The molecule has 6 heteroatoms. The number of nitrogens with zero attached hydrogens (tertiary/aromatic N) is 2. The number of thiophene rings is 1. The first-order valence-electron chi connectivity index (χ1n) is 7.92. The Morgan fingerprint density at radius 2 is 1.81 bits per heavy atom. The second kappa shape index (κ2) is 7.35. The number of fused-ring (bicyclic) bond motifs is 1.